The molecule has 176 valence electrons. The summed E-state index contributed by atoms with van der Waals surface area (Å²) in [4.78, 5) is 27.4. The molecule has 0 bridgehead atoms. The van der Waals surface area contributed by atoms with E-state index in [4.69, 9.17) is 43.1 Å². The summed E-state index contributed by atoms with van der Waals surface area (Å²) in [6.07, 6.45) is -4.43. The fourth-order valence-corrected chi connectivity index (χ4v) is 2.71. The number of hydrogen-bond donors (Lipinski definition) is 4. The van der Waals surface area contributed by atoms with Crippen LogP contribution in [0.4, 0.5) is 13.2 Å². The Kier molecular flexibility index (Phi) is 9.71. The molecular weight excluding hydrogens is 455 g/mol. The number of alkyl halides is 3. The molecule has 10 nitrogen and oxygen atoms in total. The van der Waals surface area contributed by atoms with Crippen molar-refractivity contribution in [1.29, 1.82) is 0 Å². The second-order valence-electron chi connectivity index (χ2n) is 6.00. The molecule has 0 saturated carbocycles. The molecule has 6 N–H and O–H groups in total. The SMILES string of the molecule is COc1ccc(OC)c(-c2cc(=O)[nH]c(=S)n2CCCN=C(N)N)c1.O=C(O)C(F)(F)F. The van der Waals surface area contributed by atoms with Gasteiger partial charge in [-0.15, -0.1) is 0 Å². The maximum absolute atomic E-state index is 11.9. The van der Waals surface area contributed by atoms with Gasteiger partial charge in [-0.3, -0.25) is 14.8 Å². The Morgan fingerprint density at radius 1 is 1.25 bits per heavy atom. The minimum Gasteiger partial charge on any atom is -0.497 e. The van der Waals surface area contributed by atoms with Crippen LogP contribution < -0.4 is 26.5 Å². The van der Waals surface area contributed by atoms with Gasteiger partial charge < -0.3 is 30.6 Å². The summed E-state index contributed by atoms with van der Waals surface area (Å²) in [6, 6.07) is 6.85. The lowest BCUT2D eigenvalue weighted by atomic mass is 10.1. The number of H-pyrrole nitrogens is 1. The summed E-state index contributed by atoms with van der Waals surface area (Å²) in [5.74, 6) is -1.46. The van der Waals surface area contributed by atoms with Crippen LogP contribution in [-0.4, -0.2) is 53.5 Å². The molecule has 0 saturated heterocycles. The molecule has 2 rings (SSSR count). The zero-order valence-corrected chi connectivity index (χ0v) is 17.9. The van der Waals surface area contributed by atoms with Gasteiger partial charge in [-0.2, -0.15) is 13.2 Å². The van der Waals surface area contributed by atoms with Crippen molar-refractivity contribution < 1.29 is 32.5 Å². The number of hydrogen-bond acceptors (Lipinski definition) is 6. The van der Waals surface area contributed by atoms with Crippen LogP contribution in [0, 0.1) is 4.77 Å². The number of carbonyl (C=O) groups is 1. The van der Waals surface area contributed by atoms with Crippen molar-refractivity contribution in [2.75, 3.05) is 20.8 Å². The summed E-state index contributed by atoms with van der Waals surface area (Å²) < 4.78 is 44.6. The quantitative estimate of drug-likeness (QED) is 0.204. The van der Waals surface area contributed by atoms with E-state index in [1.807, 2.05) is 4.57 Å². The molecule has 2 aromatic rings. The summed E-state index contributed by atoms with van der Waals surface area (Å²) in [5.41, 5.74) is 11.7. The van der Waals surface area contributed by atoms with Gasteiger partial charge in [-0.25, -0.2) is 4.79 Å². The Balaban J connectivity index is 0.000000633. The first-order valence-electron chi connectivity index (χ1n) is 8.82. The molecule has 0 spiro atoms. The fraction of sp³-hybridized carbons (Fsp3) is 0.333. The molecule has 0 unspecified atom stereocenters. The summed E-state index contributed by atoms with van der Waals surface area (Å²) in [5, 5.41) is 7.12. The summed E-state index contributed by atoms with van der Waals surface area (Å²) in [7, 11) is 3.14. The first kappa shape index (κ1) is 26.5. The molecule has 0 amide bonds. The molecule has 1 heterocycles. The second kappa shape index (κ2) is 11.7. The molecule has 0 aliphatic heterocycles. The number of halogens is 3. The van der Waals surface area contributed by atoms with Gasteiger partial charge >= 0.3 is 12.1 Å². The van der Waals surface area contributed by atoms with E-state index in [0.717, 1.165) is 0 Å². The highest BCUT2D eigenvalue weighted by Crippen LogP contribution is 2.33. The maximum Gasteiger partial charge on any atom is 0.490 e. The van der Waals surface area contributed by atoms with Crippen molar-refractivity contribution in [3.63, 3.8) is 0 Å². The molecule has 0 radical (unpaired) electrons. The largest absolute Gasteiger partial charge is 0.497 e. The van der Waals surface area contributed by atoms with Crippen LogP contribution in [0.15, 0.2) is 34.1 Å². The molecule has 0 aliphatic rings. The van der Waals surface area contributed by atoms with Gasteiger partial charge in [-0.05, 0) is 36.8 Å². The first-order valence-corrected chi connectivity index (χ1v) is 9.23. The molecular formula is C18H22F3N5O5S. The number of carboxylic acids is 1. The van der Waals surface area contributed by atoms with Gasteiger partial charge in [-0.1, -0.05) is 0 Å². The van der Waals surface area contributed by atoms with Crippen molar-refractivity contribution in [2.24, 2.45) is 16.5 Å². The summed E-state index contributed by atoms with van der Waals surface area (Å²) in [6.45, 7) is 0.986. The van der Waals surface area contributed by atoms with Crippen molar-refractivity contribution >= 4 is 24.1 Å². The molecule has 0 fully saturated rings. The number of ether oxygens (including phenoxy) is 2. The van der Waals surface area contributed by atoms with Crippen LogP contribution in [0.25, 0.3) is 11.3 Å². The Bertz CT molecular complexity index is 1080. The number of aliphatic imine (C=N–C) groups is 1. The van der Waals surface area contributed by atoms with Gasteiger partial charge in [0.15, 0.2) is 10.7 Å². The average Bonchev–Trinajstić information content (AvgIpc) is 2.71. The molecule has 1 aromatic carbocycles. The van der Waals surface area contributed by atoms with Crippen molar-refractivity contribution in [2.45, 2.75) is 19.1 Å². The Morgan fingerprint density at radius 2 is 1.88 bits per heavy atom. The highest BCUT2D eigenvalue weighted by Gasteiger charge is 2.38. The minimum absolute atomic E-state index is 0.0414. The maximum atomic E-state index is 11.9. The molecule has 0 atom stereocenters. The van der Waals surface area contributed by atoms with Crippen LogP contribution in [0.2, 0.25) is 0 Å². The van der Waals surface area contributed by atoms with Crippen molar-refractivity contribution in [3.8, 4) is 22.8 Å². The van der Waals surface area contributed by atoms with E-state index >= 15 is 0 Å². The van der Waals surface area contributed by atoms with Crippen LogP contribution >= 0.6 is 12.2 Å². The number of rotatable bonds is 7. The third kappa shape index (κ3) is 7.94. The van der Waals surface area contributed by atoms with Gasteiger partial charge in [0.1, 0.15) is 11.5 Å². The Labute approximate surface area is 185 Å². The van der Waals surface area contributed by atoms with Crippen LogP contribution in [-0.2, 0) is 11.3 Å². The fourth-order valence-electron chi connectivity index (χ4n) is 2.42. The average molecular weight is 477 g/mol. The molecule has 32 heavy (non-hydrogen) atoms. The van der Waals surface area contributed by atoms with E-state index in [-0.39, 0.29) is 11.5 Å². The number of nitrogens with zero attached hydrogens (tertiary/aromatic N) is 2. The number of nitrogens with two attached hydrogens (primary N) is 2. The van der Waals surface area contributed by atoms with E-state index in [1.54, 1.807) is 32.4 Å². The third-order valence-corrected chi connectivity index (χ3v) is 4.12. The predicted octanol–water partition coefficient (Wildman–Crippen LogP) is 1.89. The smallest absolute Gasteiger partial charge is 0.490 e. The Morgan fingerprint density at radius 3 is 2.38 bits per heavy atom. The molecule has 0 aliphatic carbocycles. The number of nitrogens with one attached hydrogen (secondary N) is 1. The number of carboxylic acid groups (broad SMARTS) is 1. The van der Waals surface area contributed by atoms with E-state index < -0.39 is 12.1 Å². The van der Waals surface area contributed by atoms with Gasteiger partial charge in [0.2, 0.25) is 0 Å². The number of methoxy groups -OCH3 is 2. The minimum atomic E-state index is -5.08. The van der Waals surface area contributed by atoms with Crippen LogP contribution in [0.3, 0.4) is 0 Å². The number of benzene rings is 1. The molecule has 1 aromatic heterocycles. The lowest BCUT2D eigenvalue weighted by Crippen LogP contribution is -2.23. The topological polar surface area (TPSA) is 158 Å². The standard InChI is InChI=1S/C16H21N5O3S.C2HF3O2/c1-23-10-4-5-13(24-2)11(8-10)12-9-14(22)20-16(25)21(12)7-3-6-19-15(17)18;3-2(4,5)1(6)7/h4-5,8-9H,3,6-7H2,1-2H3,(H4,17,18,19)(H,20,22,25);(H,6,7). The van der Waals surface area contributed by atoms with Crippen molar-refractivity contribution in [3.05, 3.63) is 39.4 Å². The van der Waals surface area contributed by atoms with E-state index in [0.29, 0.717) is 47.0 Å². The highest BCUT2D eigenvalue weighted by molar-refractivity contribution is 7.71. The van der Waals surface area contributed by atoms with Crippen LogP contribution in [0.5, 0.6) is 11.5 Å². The predicted molar refractivity (Wildman–Crippen MR) is 113 cm³/mol. The third-order valence-electron chi connectivity index (χ3n) is 3.79. The van der Waals surface area contributed by atoms with Gasteiger partial charge in [0, 0.05) is 24.7 Å². The summed E-state index contributed by atoms with van der Waals surface area (Å²) >= 11 is 5.32. The number of aromatic nitrogens is 2. The van der Waals surface area contributed by atoms with E-state index in [9.17, 15) is 18.0 Å². The highest BCUT2D eigenvalue weighted by atomic mass is 32.1. The zero-order chi connectivity index (χ0) is 24.5. The second-order valence-corrected chi connectivity index (χ2v) is 6.39. The lowest BCUT2D eigenvalue weighted by molar-refractivity contribution is -0.192. The van der Waals surface area contributed by atoms with Gasteiger partial charge in [0.25, 0.3) is 5.56 Å². The first-order chi connectivity index (χ1) is 14.9. The normalized spacial score (nSPS) is 10.5. The van der Waals surface area contributed by atoms with E-state index in [2.05, 4.69) is 9.98 Å². The van der Waals surface area contributed by atoms with Gasteiger partial charge in [0.05, 0.1) is 19.9 Å². The monoisotopic (exact) mass is 477 g/mol. The Hall–Kier alpha value is -3.55. The zero-order valence-electron chi connectivity index (χ0n) is 17.1. The number of guanidine groups is 1. The number of aliphatic carboxylic acids is 1. The van der Waals surface area contributed by atoms with Crippen LogP contribution in [0.1, 0.15) is 6.42 Å². The lowest BCUT2D eigenvalue weighted by Gasteiger charge is -2.16. The number of aromatic amines is 1. The molecule has 14 heteroatoms. The van der Waals surface area contributed by atoms with E-state index in [1.165, 1.54) is 6.07 Å². The van der Waals surface area contributed by atoms with Crippen molar-refractivity contribution in [1.82, 2.24) is 9.55 Å².